The lowest BCUT2D eigenvalue weighted by atomic mass is 9.68. The Labute approximate surface area is 127 Å². The van der Waals surface area contributed by atoms with Gasteiger partial charge in [-0.2, -0.15) is 0 Å². The molecule has 1 saturated heterocycles. The smallest absolute Gasteiger partial charge is 0.303 e. The van der Waals surface area contributed by atoms with E-state index in [0.29, 0.717) is 5.41 Å². The summed E-state index contributed by atoms with van der Waals surface area (Å²) in [5, 5.41) is 9.01. The van der Waals surface area contributed by atoms with Gasteiger partial charge in [0, 0.05) is 25.6 Å². The van der Waals surface area contributed by atoms with E-state index in [1.54, 1.807) is 0 Å². The Hall–Kier alpha value is -1.35. The van der Waals surface area contributed by atoms with Crippen molar-refractivity contribution in [2.24, 2.45) is 5.41 Å². The van der Waals surface area contributed by atoms with Gasteiger partial charge in [0.25, 0.3) is 0 Å². The van der Waals surface area contributed by atoms with Crippen LogP contribution in [0, 0.1) is 5.41 Å². The van der Waals surface area contributed by atoms with E-state index in [1.807, 2.05) is 6.07 Å². The van der Waals surface area contributed by atoms with Crippen LogP contribution in [0.2, 0.25) is 0 Å². The van der Waals surface area contributed by atoms with E-state index in [0.717, 1.165) is 19.5 Å². The van der Waals surface area contributed by atoms with Crippen LogP contribution < -0.4 is 0 Å². The number of carboxylic acid groups (broad SMARTS) is 1. The second kappa shape index (κ2) is 6.18. The van der Waals surface area contributed by atoms with Gasteiger partial charge in [0.05, 0.1) is 0 Å². The van der Waals surface area contributed by atoms with Gasteiger partial charge in [-0.05, 0) is 30.2 Å². The first-order valence-corrected chi connectivity index (χ1v) is 8.19. The average Bonchev–Trinajstić information content (AvgIpc) is 2.47. The molecule has 3 nitrogen and oxygen atoms in total. The molecule has 0 amide bonds. The van der Waals surface area contributed by atoms with Crippen molar-refractivity contribution in [3.63, 3.8) is 0 Å². The van der Waals surface area contributed by atoms with Crippen LogP contribution in [0.15, 0.2) is 30.3 Å². The molecule has 1 atom stereocenters. The number of nitrogens with zero attached hydrogens (tertiary/aromatic N) is 1. The molecule has 0 bridgehead atoms. The zero-order valence-electron chi connectivity index (χ0n) is 12.6. The van der Waals surface area contributed by atoms with Crippen molar-refractivity contribution in [3.8, 4) is 0 Å². The fourth-order valence-electron chi connectivity index (χ4n) is 4.15. The highest BCUT2D eigenvalue weighted by atomic mass is 16.4. The van der Waals surface area contributed by atoms with Gasteiger partial charge >= 0.3 is 5.97 Å². The average molecular weight is 287 g/mol. The predicted molar refractivity (Wildman–Crippen MR) is 83.1 cm³/mol. The third-order valence-electron chi connectivity index (χ3n) is 5.25. The minimum Gasteiger partial charge on any atom is -0.481 e. The molecule has 1 unspecified atom stereocenters. The van der Waals surface area contributed by atoms with Crippen molar-refractivity contribution in [3.05, 3.63) is 35.9 Å². The largest absolute Gasteiger partial charge is 0.481 e. The number of likely N-dealkylation sites (tertiary alicyclic amines) is 1. The molecule has 1 spiro atoms. The Morgan fingerprint density at radius 3 is 2.43 bits per heavy atom. The summed E-state index contributed by atoms with van der Waals surface area (Å²) < 4.78 is 0. The molecular weight excluding hydrogens is 262 g/mol. The molecule has 1 aliphatic carbocycles. The van der Waals surface area contributed by atoms with Gasteiger partial charge in [-0.3, -0.25) is 9.69 Å². The molecule has 1 saturated carbocycles. The summed E-state index contributed by atoms with van der Waals surface area (Å²) >= 11 is 0. The van der Waals surface area contributed by atoms with E-state index in [9.17, 15) is 4.79 Å². The molecule has 3 heteroatoms. The van der Waals surface area contributed by atoms with Crippen LogP contribution in [-0.2, 0) is 4.79 Å². The van der Waals surface area contributed by atoms with Gasteiger partial charge in [-0.15, -0.1) is 0 Å². The highest BCUT2D eigenvalue weighted by Gasteiger charge is 2.45. The highest BCUT2D eigenvalue weighted by Crippen LogP contribution is 2.47. The van der Waals surface area contributed by atoms with Crippen molar-refractivity contribution in [2.75, 3.05) is 13.1 Å². The molecule has 2 aliphatic rings. The van der Waals surface area contributed by atoms with Crippen LogP contribution in [-0.4, -0.2) is 29.1 Å². The quantitative estimate of drug-likeness (QED) is 0.894. The van der Waals surface area contributed by atoms with Crippen LogP contribution in [0.5, 0.6) is 0 Å². The van der Waals surface area contributed by atoms with E-state index in [4.69, 9.17) is 5.11 Å². The Bertz CT molecular complexity index is 471. The van der Waals surface area contributed by atoms with Crippen LogP contribution >= 0.6 is 0 Å². The van der Waals surface area contributed by atoms with E-state index in [-0.39, 0.29) is 12.5 Å². The molecule has 1 aliphatic heterocycles. The first-order valence-electron chi connectivity index (χ1n) is 8.19. The number of aliphatic carboxylic acids is 1. The van der Waals surface area contributed by atoms with Crippen molar-refractivity contribution in [1.82, 2.24) is 4.90 Å². The summed E-state index contributed by atoms with van der Waals surface area (Å²) in [6.45, 7) is 2.32. The summed E-state index contributed by atoms with van der Waals surface area (Å²) in [6, 6.07) is 10.7. The SMILES string of the molecule is O=C(O)CCC(c1ccccc1)N1CC2(CCCCC2)C1. The Kier molecular flexibility index (Phi) is 4.29. The van der Waals surface area contributed by atoms with Crippen LogP contribution in [0.25, 0.3) is 0 Å². The van der Waals surface area contributed by atoms with E-state index in [1.165, 1.54) is 37.7 Å². The molecule has 21 heavy (non-hydrogen) atoms. The van der Waals surface area contributed by atoms with Crippen LogP contribution in [0.1, 0.15) is 56.6 Å². The molecule has 1 aromatic rings. The molecular formula is C18H25NO2. The lowest BCUT2D eigenvalue weighted by molar-refractivity contribution is -0.137. The molecule has 1 aromatic carbocycles. The number of carboxylic acids is 1. The molecule has 3 rings (SSSR count). The maximum atomic E-state index is 10.9. The summed E-state index contributed by atoms with van der Waals surface area (Å²) in [5.41, 5.74) is 1.82. The summed E-state index contributed by atoms with van der Waals surface area (Å²) in [6.07, 6.45) is 7.84. The van der Waals surface area contributed by atoms with E-state index in [2.05, 4.69) is 29.2 Å². The first kappa shape index (κ1) is 14.6. The summed E-state index contributed by atoms with van der Waals surface area (Å²) in [5.74, 6) is -0.691. The maximum absolute atomic E-state index is 10.9. The van der Waals surface area contributed by atoms with Gasteiger partial charge in [-0.25, -0.2) is 0 Å². The third-order valence-corrected chi connectivity index (χ3v) is 5.25. The number of hydrogen-bond donors (Lipinski definition) is 1. The molecule has 0 aromatic heterocycles. The van der Waals surface area contributed by atoms with Crippen LogP contribution in [0.4, 0.5) is 0 Å². The Balaban J connectivity index is 1.67. The second-order valence-corrected chi connectivity index (χ2v) is 6.82. The first-order chi connectivity index (χ1) is 10.2. The van der Waals surface area contributed by atoms with Gasteiger partial charge in [0.15, 0.2) is 0 Å². The second-order valence-electron chi connectivity index (χ2n) is 6.82. The Morgan fingerprint density at radius 1 is 1.14 bits per heavy atom. The molecule has 1 heterocycles. The lowest BCUT2D eigenvalue weighted by Gasteiger charge is -2.55. The van der Waals surface area contributed by atoms with Crippen LogP contribution in [0.3, 0.4) is 0 Å². The number of rotatable bonds is 5. The van der Waals surface area contributed by atoms with Gasteiger partial charge in [-0.1, -0.05) is 49.6 Å². The topological polar surface area (TPSA) is 40.5 Å². The van der Waals surface area contributed by atoms with Crippen molar-refractivity contribution < 1.29 is 9.90 Å². The van der Waals surface area contributed by atoms with Gasteiger partial charge in [0.2, 0.25) is 0 Å². The molecule has 1 N–H and O–H groups in total. The van der Waals surface area contributed by atoms with E-state index >= 15 is 0 Å². The number of carbonyl (C=O) groups is 1. The molecule has 0 radical (unpaired) electrons. The fraction of sp³-hybridized carbons (Fsp3) is 0.611. The third kappa shape index (κ3) is 3.29. The minimum absolute atomic E-state index is 0.253. The molecule has 2 fully saturated rings. The van der Waals surface area contributed by atoms with Crippen molar-refractivity contribution in [2.45, 2.75) is 51.0 Å². The summed E-state index contributed by atoms with van der Waals surface area (Å²) in [7, 11) is 0. The zero-order chi connectivity index (χ0) is 14.7. The minimum atomic E-state index is -0.691. The lowest BCUT2D eigenvalue weighted by Crippen LogP contribution is -2.57. The zero-order valence-corrected chi connectivity index (χ0v) is 12.6. The van der Waals surface area contributed by atoms with Crippen molar-refractivity contribution >= 4 is 5.97 Å². The number of hydrogen-bond acceptors (Lipinski definition) is 2. The fourth-order valence-corrected chi connectivity index (χ4v) is 4.15. The van der Waals surface area contributed by atoms with E-state index < -0.39 is 5.97 Å². The highest BCUT2D eigenvalue weighted by molar-refractivity contribution is 5.66. The number of benzene rings is 1. The summed E-state index contributed by atoms with van der Waals surface area (Å²) in [4.78, 5) is 13.4. The standard InChI is InChI=1S/C18H25NO2/c20-17(21)10-9-16(15-7-3-1-4-8-15)19-13-18(14-19)11-5-2-6-12-18/h1,3-4,7-8,16H,2,5-6,9-14H2,(H,20,21). The monoisotopic (exact) mass is 287 g/mol. The van der Waals surface area contributed by atoms with Crippen molar-refractivity contribution in [1.29, 1.82) is 0 Å². The Morgan fingerprint density at radius 2 is 1.81 bits per heavy atom. The van der Waals surface area contributed by atoms with Gasteiger partial charge in [0.1, 0.15) is 0 Å². The normalized spacial score (nSPS) is 22.7. The molecule has 114 valence electrons. The maximum Gasteiger partial charge on any atom is 0.303 e. The predicted octanol–water partition coefficient (Wildman–Crippen LogP) is 3.86. The van der Waals surface area contributed by atoms with Gasteiger partial charge < -0.3 is 5.11 Å².